The van der Waals surface area contributed by atoms with E-state index in [1.165, 1.54) is 51.7 Å². The molecule has 1 saturated heterocycles. The highest BCUT2D eigenvalue weighted by Crippen LogP contribution is 2.27. The monoisotopic (exact) mass is 210 g/mol. The second-order valence-electron chi connectivity index (χ2n) is 5.48. The molecule has 0 aromatic carbocycles. The molecule has 0 amide bonds. The fourth-order valence-electron chi connectivity index (χ4n) is 3.19. The van der Waals surface area contributed by atoms with E-state index in [1.54, 1.807) is 0 Å². The van der Waals surface area contributed by atoms with Gasteiger partial charge in [0.15, 0.2) is 0 Å². The number of rotatable bonds is 2. The lowest BCUT2D eigenvalue weighted by molar-refractivity contribution is 0.0990. The lowest BCUT2D eigenvalue weighted by Crippen LogP contribution is -2.54. The number of hydrogen-bond donors (Lipinski definition) is 1. The van der Waals surface area contributed by atoms with E-state index in [0.29, 0.717) is 0 Å². The number of hydrogen-bond acceptors (Lipinski definition) is 2. The van der Waals surface area contributed by atoms with Crippen LogP contribution in [0.2, 0.25) is 0 Å². The molecule has 1 aliphatic carbocycles. The summed E-state index contributed by atoms with van der Waals surface area (Å²) in [6.45, 7) is 8.47. The molecule has 2 rings (SSSR count). The van der Waals surface area contributed by atoms with Crippen molar-refractivity contribution in [3.8, 4) is 0 Å². The van der Waals surface area contributed by atoms with E-state index in [9.17, 15) is 0 Å². The molecule has 2 aliphatic rings. The highest BCUT2D eigenvalue weighted by atomic mass is 15.2. The summed E-state index contributed by atoms with van der Waals surface area (Å²) in [6.07, 6.45) is 7.07. The van der Waals surface area contributed by atoms with Crippen LogP contribution in [0.25, 0.3) is 0 Å². The van der Waals surface area contributed by atoms with Crippen molar-refractivity contribution >= 4 is 0 Å². The van der Waals surface area contributed by atoms with Crippen molar-refractivity contribution < 1.29 is 0 Å². The Bertz CT molecular complexity index is 193. The first-order chi connectivity index (χ1) is 7.29. The zero-order valence-corrected chi connectivity index (χ0v) is 10.3. The van der Waals surface area contributed by atoms with Crippen LogP contribution in [0.1, 0.15) is 46.0 Å². The molecule has 1 aliphatic heterocycles. The van der Waals surface area contributed by atoms with Gasteiger partial charge in [0.2, 0.25) is 0 Å². The summed E-state index contributed by atoms with van der Waals surface area (Å²) < 4.78 is 0. The standard InChI is InChI=1S/C13H26N2/c1-3-12-10-15(8-7-14-12)13-6-4-5-11(2)9-13/h11-14H,3-10H2,1-2H3. The summed E-state index contributed by atoms with van der Waals surface area (Å²) in [5.41, 5.74) is 0. The van der Waals surface area contributed by atoms with Gasteiger partial charge in [-0.3, -0.25) is 4.90 Å². The lowest BCUT2D eigenvalue weighted by Gasteiger charge is -2.41. The molecular weight excluding hydrogens is 184 g/mol. The molecule has 88 valence electrons. The van der Waals surface area contributed by atoms with Gasteiger partial charge in [-0.25, -0.2) is 0 Å². The SMILES string of the molecule is CCC1CN(C2CCCC(C)C2)CCN1. The van der Waals surface area contributed by atoms with Gasteiger partial charge in [-0.2, -0.15) is 0 Å². The van der Waals surface area contributed by atoms with Crippen molar-refractivity contribution in [3.05, 3.63) is 0 Å². The predicted molar refractivity (Wildman–Crippen MR) is 65.1 cm³/mol. The Kier molecular flexibility index (Phi) is 4.04. The number of nitrogens with one attached hydrogen (secondary N) is 1. The summed E-state index contributed by atoms with van der Waals surface area (Å²) in [7, 11) is 0. The lowest BCUT2D eigenvalue weighted by atomic mass is 9.85. The van der Waals surface area contributed by atoms with Crippen molar-refractivity contribution in [2.24, 2.45) is 5.92 Å². The Morgan fingerprint density at radius 3 is 2.93 bits per heavy atom. The minimum atomic E-state index is 0.746. The normalized spacial score (nSPS) is 39.2. The second-order valence-corrected chi connectivity index (χ2v) is 5.48. The third-order valence-corrected chi connectivity index (χ3v) is 4.20. The molecule has 0 radical (unpaired) electrons. The zero-order valence-electron chi connectivity index (χ0n) is 10.3. The summed E-state index contributed by atoms with van der Waals surface area (Å²) >= 11 is 0. The molecule has 2 fully saturated rings. The second kappa shape index (κ2) is 5.31. The summed E-state index contributed by atoms with van der Waals surface area (Å²) in [4.78, 5) is 2.75. The van der Waals surface area contributed by atoms with E-state index in [-0.39, 0.29) is 0 Å². The minimum absolute atomic E-state index is 0.746. The fraction of sp³-hybridized carbons (Fsp3) is 1.00. The van der Waals surface area contributed by atoms with Crippen molar-refractivity contribution in [3.63, 3.8) is 0 Å². The number of nitrogens with zero attached hydrogens (tertiary/aromatic N) is 1. The van der Waals surface area contributed by atoms with Gasteiger partial charge in [0, 0.05) is 31.7 Å². The van der Waals surface area contributed by atoms with Gasteiger partial charge in [0.25, 0.3) is 0 Å². The highest BCUT2D eigenvalue weighted by Gasteiger charge is 2.27. The Morgan fingerprint density at radius 2 is 2.20 bits per heavy atom. The maximum atomic E-state index is 3.61. The number of piperazine rings is 1. The Hall–Kier alpha value is -0.0800. The van der Waals surface area contributed by atoms with Crippen LogP contribution in [0.5, 0.6) is 0 Å². The average Bonchev–Trinajstić information content (AvgIpc) is 2.29. The maximum absolute atomic E-state index is 3.61. The molecule has 2 nitrogen and oxygen atoms in total. The molecule has 2 heteroatoms. The van der Waals surface area contributed by atoms with E-state index in [4.69, 9.17) is 0 Å². The van der Waals surface area contributed by atoms with Crippen LogP contribution in [0.3, 0.4) is 0 Å². The quantitative estimate of drug-likeness (QED) is 0.752. The summed E-state index contributed by atoms with van der Waals surface area (Å²) in [5.74, 6) is 0.957. The van der Waals surface area contributed by atoms with Crippen LogP contribution < -0.4 is 5.32 Å². The van der Waals surface area contributed by atoms with Gasteiger partial charge in [-0.05, 0) is 25.2 Å². The fourth-order valence-corrected chi connectivity index (χ4v) is 3.19. The first-order valence-corrected chi connectivity index (χ1v) is 6.77. The van der Waals surface area contributed by atoms with Crippen LogP contribution in [0, 0.1) is 5.92 Å². The van der Waals surface area contributed by atoms with Gasteiger partial charge in [-0.1, -0.05) is 26.7 Å². The Balaban J connectivity index is 1.86. The van der Waals surface area contributed by atoms with Crippen LogP contribution in [-0.2, 0) is 0 Å². The van der Waals surface area contributed by atoms with E-state index in [2.05, 4.69) is 24.1 Å². The predicted octanol–water partition coefficient (Wildman–Crippen LogP) is 2.25. The third-order valence-electron chi connectivity index (χ3n) is 4.20. The maximum Gasteiger partial charge on any atom is 0.0193 e. The van der Waals surface area contributed by atoms with Crippen LogP contribution in [-0.4, -0.2) is 36.6 Å². The van der Waals surface area contributed by atoms with E-state index < -0.39 is 0 Å². The molecule has 1 heterocycles. The highest BCUT2D eigenvalue weighted by molar-refractivity contribution is 4.85. The van der Waals surface area contributed by atoms with E-state index in [1.807, 2.05) is 0 Å². The van der Waals surface area contributed by atoms with Crippen LogP contribution in [0.15, 0.2) is 0 Å². The minimum Gasteiger partial charge on any atom is -0.311 e. The largest absolute Gasteiger partial charge is 0.311 e. The molecule has 0 spiro atoms. The molecule has 0 aromatic rings. The average molecular weight is 210 g/mol. The van der Waals surface area contributed by atoms with Crippen molar-refractivity contribution in [1.82, 2.24) is 10.2 Å². The molecule has 3 unspecified atom stereocenters. The molecule has 15 heavy (non-hydrogen) atoms. The summed E-state index contributed by atoms with van der Waals surface area (Å²) in [6, 6.07) is 1.64. The van der Waals surface area contributed by atoms with E-state index >= 15 is 0 Å². The van der Waals surface area contributed by atoms with Crippen molar-refractivity contribution in [1.29, 1.82) is 0 Å². The van der Waals surface area contributed by atoms with E-state index in [0.717, 1.165) is 18.0 Å². The first kappa shape index (κ1) is 11.4. The molecule has 1 N–H and O–H groups in total. The van der Waals surface area contributed by atoms with Gasteiger partial charge in [0.1, 0.15) is 0 Å². The zero-order chi connectivity index (χ0) is 10.7. The van der Waals surface area contributed by atoms with Crippen molar-refractivity contribution in [2.75, 3.05) is 19.6 Å². The van der Waals surface area contributed by atoms with Crippen molar-refractivity contribution in [2.45, 2.75) is 58.0 Å². The topological polar surface area (TPSA) is 15.3 Å². The van der Waals surface area contributed by atoms with Gasteiger partial charge < -0.3 is 5.32 Å². The Labute approximate surface area is 94.4 Å². The van der Waals surface area contributed by atoms with Gasteiger partial charge >= 0.3 is 0 Å². The van der Waals surface area contributed by atoms with Gasteiger partial charge in [-0.15, -0.1) is 0 Å². The molecule has 3 atom stereocenters. The van der Waals surface area contributed by atoms with Crippen LogP contribution in [0.4, 0.5) is 0 Å². The van der Waals surface area contributed by atoms with Crippen LogP contribution >= 0.6 is 0 Å². The molecular formula is C13H26N2. The summed E-state index contributed by atoms with van der Waals surface area (Å²) in [5, 5.41) is 3.61. The van der Waals surface area contributed by atoms with Gasteiger partial charge in [0.05, 0.1) is 0 Å². The smallest absolute Gasteiger partial charge is 0.0193 e. The Morgan fingerprint density at radius 1 is 1.33 bits per heavy atom. The molecule has 0 bridgehead atoms. The third kappa shape index (κ3) is 2.94. The molecule has 0 aromatic heterocycles. The first-order valence-electron chi connectivity index (χ1n) is 6.77. The molecule has 1 saturated carbocycles.